The molecule has 3 amide bonds. The summed E-state index contributed by atoms with van der Waals surface area (Å²) in [7, 11) is -2.53. The number of carboxylic acids is 1. The number of urea groups is 1. The lowest BCUT2D eigenvalue weighted by Crippen LogP contribution is -2.49. The molecule has 0 fully saturated rings. The number of carbonyl (C=O) groups excluding carboxylic acids is 2. The molecule has 4 N–H and O–H groups in total. The first-order chi connectivity index (χ1) is 12.2. The number of anilines is 1. The molecule has 9 nitrogen and oxygen atoms in total. The van der Waals surface area contributed by atoms with E-state index in [1.54, 1.807) is 24.3 Å². The Kier molecular flexibility index (Phi) is 8.56. The number of rotatable bonds is 9. The third-order valence-corrected chi connectivity index (χ3v) is 3.89. The molecule has 144 valence electrons. The quantitative estimate of drug-likeness (QED) is 0.393. The van der Waals surface area contributed by atoms with Crippen molar-refractivity contribution in [1.82, 2.24) is 10.6 Å². The summed E-state index contributed by atoms with van der Waals surface area (Å²) >= 11 is 0. The number of aliphatic carboxylic acids is 1. The Morgan fingerprint density at radius 1 is 1.12 bits per heavy atom. The zero-order valence-corrected chi connectivity index (χ0v) is 15.4. The summed E-state index contributed by atoms with van der Waals surface area (Å²) in [6.45, 7) is 3.22. The first-order valence-electron chi connectivity index (χ1n) is 7.95. The Morgan fingerprint density at radius 2 is 1.73 bits per heavy atom. The van der Waals surface area contributed by atoms with Crippen molar-refractivity contribution in [3.63, 3.8) is 0 Å². The van der Waals surface area contributed by atoms with Crippen LogP contribution >= 0.6 is 0 Å². The van der Waals surface area contributed by atoms with Crippen molar-refractivity contribution >= 4 is 34.3 Å². The normalized spacial score (nSPS) is 11.8. The summed E-state index contributed by atoms with van der Waals surface area (Å²) in [6, 6.07) is 4.75. The Hall–Kier alpha value is -2.62. The van der Waals surface area contributed by atoms with Crippen molar-refractivity contribution < 1.29 is 27.9 Å². The van der Waals surface area contributed by atoms with Crippen LogP contribution in [0, 0.1) is 5.92 Å². The molecule has 26 heavy (non-hydrogen) atoms. The van der Waals surface area contributed by atoms with Crippen LogP contribution in [0.15, 0.2) is 24.3 Å². The van der Waals surface area contributed by atoms with Crippen LogP contribution in [0.1, 0.15) is 25.8 Å². The molecular formula is C16H23N3O6S. The number of hydrogen-bond donors (Lipinski definition) is 5. The van der Waals surface area contributed by atoms with Crippen LogP contribution in [0.2, 0.25) is 0 Å². The molecule has 0 saturated heterocycles. The zero-order valence-electron chi connectivity index (χ0n) is 14.5. The van der Waals surface area contributed by atoms with Crippen LogP contribution in [0.25, 0.3) is 0 Å². The van der Waals surface area contributed by atoms with E-state index in [0.29, 0.717) is 17.7 Å². The van der Waals surface area contributed by atoms with Gasteiger partial charge in [-0.15, -0.1) is 0 Å². The molecular weight excluding hydrogens is 362 g/mol. The highest BCUT2D eigenvalue weighted by Gasteiger charge is 2.22. The third-order valence-electron chi connectivity index (χ3n) is 3.27. The molecule has 1 aromatic carbocycles. The maximum Gasteiger partial charge on any atom is 0.322 e. The van der Waals surface area contributed by atoms with Gasteiger partial charge in [-0.1, -0.05) is 26.0 Å². The molecule has 1 aromatic rings. The lowest BCUT2D eigenvalue weighted by Gasteiger charge is -2.20. The maximum atomic E-state index is 12.1. The van der Waals surface area contributed by atoms with E-state index in [0.717, 1.165) is 0 Å². The van der Waals surface area contributed by atoms with Crippen molar-refractivity contribution in [3.05, 3.63) is 29.8 Å². The summed E-state index contributed by atoms with van der Waals surface area (Å²) in [5, 5.41) is 15.9. The van der Waals surface area contributed by atoms with E-state index in [-0.39, 0.29) is 11.7 Å². The van der Waals surface area contributed by atoms with Gasteiger partial charge in [0.2, 0.25) is 5.91 Å². The minimum absolute atomic E-state index is 0.0813. The second-order valence-electron chi connectivity index (χ2n) is 6.08. The Morgan fingerprint density at radius 3 is 2.23 bits per heavy atom. The molecule has 0 spiro atoms. The van der Waals surface area contributed by atoms with E-state index in [1.165, 1.54) is 0 Å². The summed E-state index contributed by atoms with van der Waals surface area (Å²) in [6.07, 6.45) is 0.342. The average Bonchev–Trinajstić information content (AvgIpc) is 2.52. The number of amides is 3. The zero-order chi connectivity index (χ0) is 19.7. The molecule has 0 unspecified atom stereocenters. The van der Waals surface area contributed by atoms with E-state index in [9.17, 15) is 22.8 Å². The van der Waals surface area contributed by atoms with Gasteiger partial charge in [-0.2, -0.15) is 0 Å². The first-order valence-corrected chi connectivity index (χ1v) is 9.31. The van der Waals surface area contributed by atoms with E-state index in [4.69, 9.17) is 5.11 Å². The Bertz CT molecular complexity index is 707. The smallest absolute Gasteiger partial charge is 0.322 e. The summed E-state index contributed by atoms with van der Waals surface area (Å²) in [5.74, 6) is -1.73. The summed E-state index contributed by atoms with van der Waals surface area (Å²) in [5.41, 5.74) is 1.03. The second-order valence-corrected chi connectivity index (χ2v) is 7.06. The van der Waals surface area contributed by atoms with Gasteiger partial charge in [0.15, 0.2) is 0 Å². The molecule has 0 aromatic heterocycles. The van der Waals surface area contributed by atoms with Crippen molar-refractivity contribution in [2.24, 2.45) is 5.92 Å². The fourth-order valence-electron chi connectivity index (χ4n) is 2.16. The average molecular weight is 385 g/mol. The molecule has 0 aliphatic carbocycles. The lowest BCUT2D eigenvalue weighted by molar-refractivity contribution is -0.138. The lowest BCUT2D eigenvalue weighted by atomic mass is 10.0. The van der Waals surface area contributed by atoms with Gasteiger partial charge in [0.1, 0.15) is 23.3 Å². The van der Waals surface area contributed by atoms with Gasteiger partial charge < -0.3 is 21.1 Å². The SMILES string of the molecule is CC(C)C[C@H](NC(=O)Nc1ccc(C[SH](=O)=O)cc1)C(=O)NCC(=O)O. The van der Waals surface area contributed by atoms with Crippen LogP contribution in [0.5, 0.6) is 0 Å². The Labute approximate surface area is 153 Å². The highest BCUT2D eigenvalue weighted by Crippen LogP contribution is 2.11. The molecule has 1 rings (SSSR count). The van der Waals surface area contributed by atoms with Gasteiger partial charge in [-0.05, 0) is 30.0 Å². The van der Waals surface area contributed by atoms with E-state index < -0.39 is 41.2 Å². The topological polar surface area (TPSA) is 142 Å². The van der Waals surface area contributed by atoms with Crippen molar-refractivity contribution in [1.29, 1.82) is 0 Å². The monoisotopic (exact) mass is 385 g/mol. The molecule has 0 bridgehead atoms. The van der Waals surface area contributed by atoms with Gasteiger partial charge >= 0.3 is 12.0 Å². The molecule has 10 heteroatoms. The maximum absolute atomic E-state index is 12.1. The summed E-state index contributed by atoms with van der Waals surface area (Å²) in [4.78, 5) is 34.7. The molecule has 0 aliphatic heterocycles. The number of nitrogens with one attached hydrogen (secondary N) is 3. The van der Waals surface area contributed by atoms with Gasteiger partial charge in [0.05, 0.1) is 5.75 Å². The van der Waals surface area contributed by atoms with Gasteiger partial charge in [-0.3, -0.25) is 9.59 Å². The summed E-state index contributed by atoms with van der Waals surface area (Å²) < 4.78 is 21.4. The van der Waals surface area contributed by atoms with E-state index in [2.05, 4.69) is 16.0 Å². The van der Waals surface area contributed by atoms with Gasteiger partial charge in [0, 0.05) is 5.69 Å². The molecule has 0 radical (unpaired) electrons. The van der Waals surface area contributed by atoms with Crippen LogP contribution in [-0.4, -0.2) is 44.0 Å². The predicted molar refractivity (Wildman–Crippen MR) is 96.5 cm³/mol. The fraction of sp³-hybridized carbons (Fsp3) is 0.438. The fourth-order valence-corrected chi connectivity index (χ4v) is 2.67. The molecule has 1 atom stereocenters. The number of carbonyl (C=O) groups is 3. The minimum Gasteiger partial charge on any atom is -0.480 e. The van der Waals surface area contributed by atoms with Crippen LogP contribution in [0.3, 0.4) is 0 Å². The first kappa shape index (κ1) is 21.4. The van der Waals surface area contributed by atoms with Gasteiger partial charge in [-0.25, -0.2) is 13.2 Å². The number of carboxylic acid groups (broad SMARTS) is 1. The third kappa shape index (κ3) is 8.47. The van der Waals surface area contributed by atoms with Crippen LogP contribution in [0.4, 0.5) is 10.5 Å². The van der Waals surface area contributed by atoms with Crippen LogP contribution in [-0.2, 0) is 26.0 Å². The van der Waals surface area contributed by atoms with E-state index in [1.807, 2.05) is 13.8 Å². The van der Waals surface area contributed by atoms with Crippen molar-refractivity contribution in [2.45, 2.75) is 32.1 Å². The van der Waals surface area contributed by atoms with Gasteiger partial charge in [0.25, 0.3) is 0 Å². The highest BCUT2D eigenvalue weighted by atomic mass is 32.2. The number of hydrogen-bond acceptors (Lipinski definition) is 5. The molecule has 0 saturated carbocycles. The molecule has 0 aliphatic rings. The number of benzene rings is 1. The predicted octanol–water partition coefficient (Wildman–Crippen LogP) is 0.535. The van der Waals surface area contributed by atoms with Crippen molar-refractivity contribution in [2.75, 3.05) is 11.9 Å². The molecule has 0 heterocycles. The minimum atomic E-state index is -2.53. The standard InChI is InChI=1S/C16H23N3O6S/c1-10(2)7-13(15(22)17-8-14(20)21)19-16(23)18-12-5-3-11(4-6-12)9-26(24)25/h3-6,10,13,26H,7-9H2,1-2H3,(H,17,22)(H,20,21)(H2,18,19,23)/t13-/m0/s1. The Balaban J connectivity index is 2.67. The second kappa shape index (κ2) is 10.4. The highest BCUT2D eigenvalue weighted by molar-refractivity contribution is 7.71. The number of thiol groups is 1. The van der Waals surface area contributed by atoms with Crippen molar-refractivity contribution in [3.8, 4) is 0 Å². The van der Waals surface area contributed by atoms with E-state index >= 15 is 0 Å². The van der Waals surface area contributed by atoms with Crippen LogP contribution < -0.4 is 16.0 Å². The largest absolute Gasteiger partial charge is 0.480 e.